The highest BCUT2D eigenvalue weighted by Crippen LogP contribution is 2.30. The molecule has 0 saturated heterocycles. The predicted molar refractivity (Wildman–Crippen MR) is 53.1 cm³/mol. The van der Waals surface area contributed by atoms with Gasteiger partial charge in [-0.2, -0.15) is 0 Å². The molecule has 0 heterocycles. The maximum Gasteiger partial charge on any atom is 0.141 e. The molecule has 1 heteroatoms. The minimum atomic E-state index is -0.157. The van der Waals surface area contributed by atoms with Crippen molar-refractivity contribution in [1.29, 1.82) is 0 Å². The second-order valence-electron chi connectivity index (χ2n) is 4.55. The highest BCUT2D eigenvalue weighted by atomic mass is 16.1. The zero-order chi connectivity index (χ0) is 9.94. The molecule has 0 aromatic rings. The number of hydrogen-bond acceptors (Lipinski definition) is 1. The van der Waals surface area contributed by atoms with E-state index in [1.54, 1.807) is 0 Å². The van der Waals surface area contributed by atoms with Crippen LogP contribution >= 0.6 is 0 Å². The van der Waals surface area contributed by atoms with Gasteiger partial charge in [-0.05, 0) is 12.3 Å². The Kier molecular flexibility index (Phi) is 3.95. The number of Topliss-reactive ketones (excluding diaryl/α,β-unsaturated/α-hetero) is 1. The summed E-state index contributed by atoms with van der Waals surface area (Å²) in [6.07, 6.45) is 0.953. The van der Waals surface area contributed by atoms with Crippen LogP contribution in [0.2, 0.25) is 0 Å². The third kappa shape index (κ3) is 2.33. The maximum absolute atomic E-state index is 11.8. The summed E-state index contributed by atoms with van der Waals surface area (Å²) in [5, 5.41) is 0. The number of rotatable bonds is 4. The quantitative estimate of drug-likeness (QED) is 0.632. The van der Waals surface area contributed by atoms with E-state index in [0.717, 1.165) is 6.42 Å². The molecule has 0 rings (SSSR count). The van der Waals surface area contributed by atoms with Crippen molar-refractivity contribution in [1.82, 2.24) is 0 Å². The normalized spacial score (nSPS) is 14.9. The molecule has 0 radical (unpaired) electrons. The second kappa shape index (κ2) is 4.06. The predicted octanol–water partition coefficient (Wildman–Crippen LogP) is 3.28. The fourth-order valence-electron chi connectivity index (χ4n) is 1.10. The van der Waals surface area contributed by atoms with Gasteiger partial charge in [0.15, 0.2) is 0 Å². The fourth-order valence-corrected chi connectivity index (χ4v) is 1.10. The van der Waals surface area contributed by atoms with E-state index in [-0.39, 0.29) is 11.3 Å². The molecule has 0 aliphatic carbocycles. The van der Waals surface area contributed by atoms with Gasteiger partial charge >= 0.3 is 0 Å². The first-order chi connectivity index (χ1) is 5.34. The molecular formula is C11H22O. The minimum absolute atomic E-state index is 0.157. The van der Waals surface area contributed by atoms with Crippen molar-refractivity contribution in [3.05, 3.63) is 0 Å². The van der Waals surface area contributed by atoms with Crippen LogP contribution in [0.3, 0.4) is 0 Å². The smallest absolute Gasteiger partial charge is 0.141 e. The number of hydrogen-bond donors (Lipinski definition) is 0. The Balaban J connectivity index is 4.46. The molecule has 0 N–H and O–H groups in total. The lowest BCUT2D eigenvalue weighted by molar-refractivity contribution is -0.132. The first-order valence-electron chi connectivity index (χ1n) is 4.88. The fraction of sp³-hybridized carbons (Fsp3) is 0.909. The van der Waals surface area contributed by atoms with Crippen LogP contribution in [0, 0.1) is 17.3 Å². The summed E-state index contributed by atoms with van der Waals surface area (Å²) in [7, 11) is 0. The van der Waals surface area contributed by atoms with Gasteiger partial charge in [-0.15, -0.1) is 0 Å². The standard InChI is InChI=1S/C11H22O/c1-7-9(4)10(12)11(5,6)8(2)3/h8-9H,7H2,1-6H3. The van der Waals surface area contributed by atoms with Gasteiger partial charge in [0.25, 0.3) is 0 Å². The molecule has 12 heavy (non-hydrogen) atoms. The molecule has 0 bridgehead atoms. The Labute approximate surface area is 76.6 Å². The lowest BCUT2D eigenvalue weighted by Gasteiger charge is -2.30. The van der Waals surface area contributed by atoms with Crippen molar-refractivity contribution in [2.24, 2.45) is 17.3 Å². The van der Waals surface area contributed by atoms with Crippen molar-refractivity contribution >= 4 is 5.78 Å². The van der Waals surface area contributed by atoms with Crippen LogP contribution in [0.15, 0.2) is 0 Å². The Morgan fingerprint density at radius 1 is 1.25 bits per heavy atom. The Morgan fingerprint density at radius 2 is 1.67 bits per heavy atom. The molecule has 0 aromatic heterocycles. The summed E-state index contributed by atoms with van der Waals surface area (Å²) in [5.41, 5.74) is -0.157. The number of carbonyl (C=O) groups excluding carboxylic acids is 1. The number of carbonyl (C=O) groups is 1. The van der Waals surface area contributed by atoms with Gasteiger partial charge in [0, 0.05) is 11.3 Å². The average Bonchev–Trinajstić information content (AvgIpc) is 2.01. The van der Waals surface area contributed by atoms with Crippen molar-refractivity contribution in [3.63, 3.8) is 0 Å². The van der Waals surface area contributed by atoms with Gasteiger partial charge in [-0.25, -0.2) is 0 Å². The molecule has 0 spiro atoms. The Hall–Kier alpha value is -0.330. The molecule has 0 fully saturated rings. The SMILES string of the molecule is CCC(C)C(=O)C(C)(C)C(C)C. The van der Waals surface area contributed by atoms with Gasteiger partial charge < -0.3 is 0 Å². The topological polar surface area (TPSA) is 17.1 Å². The van der Waals surface area contributed by atoms with Crippen LogP contribution in [-0.2, 0) is 4.79 Å². The van der Waals surface area contributed by atoms with Crippen molar-refractivity contribution < 1.29 is 4.79 Å². The van der Waals surface area contributed by atoms with Gasteiger partial charge in [0.2, 0.25) is 0 Å². The lowest BCUT2D eigenvalue weighted by atomic mass is 9.73. The molecule has 1 atom stereocenters. The van der Waals surface area contributed by atoms with E-state index < -0.39 is 0 Å². The van der Waals surface area contributed by atoms with Crippen LogP contribution in [0.25, 0.3) is 0 Å². The molecule has 0 aliphatic rings. The molecule has 0 aromatic carbocycles. The zero-order valence-corrected chi connectivity index (χ0v) is 9.27. The van der Waals surface area contributed by atoms with Crippen molar-refractivity contribution in [3.8, 4) is 0 Å². The van der Waals surface area contributed by atoms with Crippen LogP contribution in [-0.4, -0.2) is 5.78 Å². The van der Waals surface area contributed by atoms with E-state index >= 15 is 0 Å². The van der Waals surface area contributed by atoms with E-state index in [0.29, 0.717) is 11.7 Å². The van der Waals surface area contributed by atoms with Crippen LogP contribution in [0.4, 0.5) is 0 Å². The van der Waals surface area contributed by atoms with Gasteiger partial charge in [0.05, 0.1) is 0 Å². The first-order valence-corrected chi connectivity index (χ1v) is 4.88. The Morgan fingerprint density at radius 3 is 1.92 bits per heavy atom. The van der Waals surface area contributed by atoms with Gasteiger partial charge in [0.1, 0.15) is 5.78 Å². The molecule has 0 saturated carbocycles. The van der Waals surface area contributed by atoms with Crippen molar-refractivity contribution in [2.45, 2.75) is 48.0 Å². The molecule has 0 aliphatic heterocycles. The number of ketones is 1. The molecule has 1 unspecified atom stereocenters. The second-order valence-corrected chi connectivity index (χ2v) is 4.55. The first kappa shape index (κ1) is 11.7. The van der Waals surface area contributed by atoms with Crippen LogP contribution < -0.4 is 0 Å². The lowest BCUT2D eigenvalue weighted by Crippen LogP contribution is -2.34. The summed E-state index contributed by atoms with van der Waals surface area (Å²) in [6, 6.07) is 0. The molecule has 72 valence electrons. The third-order valence-electron chi connectivity index (χ3n) is 3.14. The van der Waals surface area contributed by atoms with Gasteiger partial charge in [-0.3, -0.25) is 4.79 Å². The summed E-state index contributed by atoms with van der Waals surface area (Å²) >= 11 is 0. The van der Waals surface area contributed by atoms with Crippen molar-refractivity contribution in [2.75, 3.05) is 0 Å². The van der Waals surface area contributed by atoms with Gasteiger partial charge in [-0.1, -0.05) is 41.5 Å². The van der Waals surface area contributed by atoms with E-state index in [9.17, 15) is 4.79 Å². The monoisotopic (exact) mass is 170 g/mol. The van der Waals surface area contributed by atoms with E-state index in [4.69, 9.17) is 0 Å². The summed E-state index contributed by atoms with van der Waals surface area (Å²) in [6.45, 7) is 12.4. The molecule has 0 amide bonds. The third-order valence-corrected chi connectivity index (χ3v) is 3.14. The average molecular weight is 170 g/mol. The summed E-state index contributed by atoms with van der Waals surface area (Å²) in [5.74, 6) is 1.04. The molecule has 1 nitrogen and oxygen atoms in total. The zero-order valence-electron chi connectivity index (χ0n) is 9.27. The highest BCUT2D eigenvalue weighted by molar-refractivity contribution is 5.86. The van der Waals surface area contributed by atoms with E-state index in [2.05, 4.69) is 20.8 Å². The van der Waals surface area contributed by atoms with Crippen LogP contribution in [0.5, 0.6) is 0 Å². The summed E-state index contributed by atoms with van der Waals surface area (Å²) < 4.78 is 0. The van der Waals surface area contributed by atoms with Crippen LogP contribution in [0.1, 0.15) is 48.0 Å². The van der Waals surface area contributed by atoms with E-state index in [1.807, 2.05) is 20.8 Å². The maximum atomic E-state index is 11.8. The molecular weight excluding hydrogens is 148 g/mol. The van der Waals surface area contributed by atoms with E-state index in [1.165, 1.54) is 0 Å². The minimum Gasteiger partial charge on any atom is -0.299 e. The highest BCUT2D eigenvalue weighted by Gasteiger charge is 2.33. The Bertz CT molecular complexity index is 156. The largest absolute Gasteiger partial charge is 0.299 e. The summed E-state index contributed by atoms with van der Waals surface area (Å²) in [4.78, 5) is 11.8.